The normalized spacial score (nSPS) is 20.8. The van der Waals surface area contributed by atoms with Gasteiger partial charge in [-0.2, -0.15) is 0 Å². The molecule has 1 unspecified atom stereocenters. The number of carbonyl (C=O) groups is 1. The van der Waals surface area contributed by atoms with Crippen molar-refractivity contribution in [3.8, 4) is 0 Å². The lowest BCUT2D eigenvalue weighted by Crippen LogP contribution is -2.32. The number of hydrogen-bond donors (Lipinski definition) is 0. The van der Waals surface area contributed by atoms with Crippen LogP contribution in [0.25, 0.3) is 0 Å². The molecule has 94 valence electrons. The highest BCUT2D eigenvalue weighted by atomic mass is 79.9. The van der Waals surface area contributed by atoms with Crippen molar-refractivity contribution in [3.63, 3.8) is 0 Å². The molecule has 1 aliphatic heterocycles. The summed E-state index contributed by atoms with van der Waals surface area (Å²) in [7, 11) is 4.03. The van der Waals surface area contributed by atoms with Gasteiger partial charge in [0.15, 0.2) is 0 Å². The fraction of sp³-hybridized carbons (Fsp3) is 0.583. The highest BCUT2D eigenvalue weighted by Gasteiger charge is 2.24. The lowest BCUT2D eigenvalue weighted by atomic mass is 10.1. The third-order valence-corrected chi connectivity index (χ3v) is 5.00. The summed E-state index contributed by atoms with van der Waals surface area (Å²) in [5, 5.41) is 1.94. The van der Waals surface area contributed by atoms with Crippen LogP contribution >= 0.6 is 27.3 Å². The van der Waals surface area contributed by atoms with E-state index in [4.69, 9.17) is 0 Å². The molecule has 5 heteroatoms. The first-order chi connectivity index (χ1) is 8.08. The maximum Gasteiger partial charge on any atom is 0.264 e. The number of amides is 1. The largest absolute Gasteiger partial charge is 0.341 e. The average Bonchev–Trinajstić information content (AvgIpc) is 2.86. The van der Waals surface area contributed by atoms with Gasteiger partial charge >= 0.3 is 0 Å². The third-order valence-electron chi connectivity index (χ3n) is 3.18. The Morgan fingerprint density at radius 1 is 1.71 bits per heavy atom. The molecular weight excluding hydrogens is 300 g/mol. The second-order valence-electron chi connectivity index (χ2n) is 4.70. The van der Waals surface area contributed by atoms with E-state index >= 15 is 0 Å². The van der Waals surface area contributed by atoms with Crippen LogP contribution in [0, 0.1) is 5.92 Å². The first-order valence-corrected chi connectivity index (χ1v) is 7.42. The third kappa shape index (κ3) is 3.09. The fourth-order valence-electron chi connectivity index (χ4n) is 2.27. The number of nitrogens with zero attached hydrogens (tertiary/aromatic N) is 2. The molecule has 2 rings (SSSR count). The minimum Gasteiger partial charge on any atom is -0.341 e. The zero-order chi connectivity index (χ0) is 12.4. The van der Waals surface area contributed by atoms with Crippen molar-refractivity contribution in [2.24, 2.45) is 5.92 Å². The number of rotatable bonds is 3. The Morgan fingerprint density at radius 2 is 2.47 bits per heavy atom. The first kappa shape index (κ1) is 13.1. The molecule has 0 aliphatic carbocycles. The number of thiophene rings is 1. The lowest BCUT2D eigenvalue weighted by molar-refractivity contribution is 0.0778. The summed E-state index contributed by atoms with van der Waals surface area (Å²) in [6.07, 6.45) is 1.19. The smallest absolute Gasteiger partial charge is 0.264 e. The number of hydrogen-bond acceptors (Lipinski definition) is 3. The molecule has 2 heterocycles. The Kier molecular flexibility index (Phi) is 4.22. The zero-order valence-electron chi connectivity index (χ0n) is 10.1. The SMILES string of the molecule is CN1CCC(CN(C)C(=O)c2sccc2Br)C1. The molecular formula is C12H17BrN2OS. The second kappa shape index (κ2) is 5.50. The van der Waals surface area contributed by atoms with Crippen LogP contribution in [0.15, 0.2) is 15.9 Å². The average molecular weight is 317 g/mol. The van der Waals surface area contributed by atoms with E-state index < -0.39 is 0 Å². The molecule has 0 spiro atoms. The fourth-order valence-corrected chi connectivity index (χ4v) is 3.80. The van der Waals surface area contributed by atoms with Crippen molar-refractivity contribution in [2.75, 3.05) is 33.7 Å². The molecule has 1 saturated heterocycles. The first-order valence-electron chi connectivity index (χ1n) is 5.75. The Balaban J connectivity index is 1.94. The maximum atomic E-state index is 12.2. The van der Waals surface area contributed by atoms with Gasteiger partial charge in [-0.1, -0.05) is 0 Å². The molecule has 1 aromatic rings. The van der Waals surface area contributed by atoms with Crippen molar-refractivity contribution in [1.82, 2.24) is 9.80 Å². The van der Waals surface area contributed by atoms with E-state index in [9.17, 15) is 4.79 Å². The topological polar surface area (TPSA) is 23.6 Å². The van der Waals surface area contributed by atoms with E-state index in [0.29, 0.717) is 5.92 Å². The van der Waals surface area contributed by atoms with Gasteiger partial charge < -0.3 is 9.80 Å². The van der Waals surface area contributed by atoms with E-state index in [0.717, 1.165) is 29.0 Å². The maximum absolute atomic E-state index is 12.2. The highest BCUT2D eigenvalue weighted by Crippen LogP contribution is 2.24. The number of carbonyl (C=O) groups excluding carboxylic acids is 1. The molecule has 0 radical (unpaired) electrons. The van der Waals surface area contributed by atoms with Crippen LogP contribution in [0.4, 0.5) is 0 Å². The predicted molar refractivity (Wildman–Crippen MR) is 74.6 cm³/mol. The molecule has 0 aromatic carbocycles. The molecule has 1 amide bonds. The van der Waals surface area contributed by atoms with Gasteiger partial charge in [-0.15, -0.1) is 11.3 Å². The van der Waals surface area contributed by atoms with Gasteiger partial charge in [-0.05, 0) is 53.3 Å². The highest BCUT2D eigenvalue weighted by molar-refractivity contribution is 9.10. The molecule has 0 bridgehead atoms. The summed E-state index contributed by atoms with van der Waals surface area (Å²) in [6, 6.07) is 1.93. The molecule has 1 aliphatic rings. The van der Waals surface area contributed by atoms with Crippen LogP contribution in [0.5, 0.6) is 0 Å². The minimum absolute atomic E-state index is 0.126. The summed E-state index contributed by atoms with van der Waals surface area (Å²) >= 11 is 4.91. The van der Waals surface area contributed by atoms with Gasteiger partial charge in [-0.25, -0.2) is 0 Å². The predicted octanol–water partition coefficient (Wildman–Crippen LogP) is 2.53. The molecule has 1 fully saturated rings. The van der Waals surface area contributed by atoms with E-state index in [1.165, 1.54) is 17.8 Å². The number of likely N-dealkylation sites (tertiary alicyclic amines) is 1. The van der Waals surface area contributed by atoms with E-state index in [2.05, 4.69) is 27.9 Å². The molecule has 3 nitrogen and oxygen atoms in total. The van der Waals surface area contributed by atoms with Crippen molar-refractivity contribution in [2.45, 2.75) is 6.42 Å². The van der Waals surface area contributed by atoms with E-state index in [-0.39, 0.29) is 5.91 Å². The quantitative estimate of drug-likeness (QED) is 0.855. The van der Waals surface area contributed by atoms with Crippen molar-refractivity contribution < 1.29 is 4.79 Å². The minimum atomic E-state index is 0.126. The summed E-state index contributed by atoms with van der Waals surface area (Å²) in [5.74, 6) is 0.745. The molecule has 1 aromatic heterocycles. The van der Waals surface area contributed by atoms with Gasteiger partial charge in [0.1, 0.15) is 4.88 Å². The van der Waals surface area contributed by atoms with Crippen molar-refractivity contribution in [3.05, 3.63) is 20.8 Å². The van der Waals surface area contributed by atoms with Gasteiger partial charge in [0.05, 0.1) is 0 Å². The van der Waals surface area contributed by atoms with Crippen LogP contribution in [0.1, 0.15) is 16.1 Å². The Bertz CT molecular complexity index is 407. The van der Waals surface area contributed by atoms with Crippen LogP contribution in [0.2, 0.25) is 0 Å². The van der Waals surface area contributed by atoms with Crippen LogP contribution < -0.4 is 0 Å². The van der Waals surface area contributed by atoms with E-state index in [1.807, 2.05) is 23.4 Å². The van der Waals surface area contributed by atoms with E-state index in [1.54, 1.807) is 0 Å². The number of halogens is 1. The molecule has 0 saturated carbocycles. The summed E-state index contributed by atoms with van der Waals surface area (Å²) in [6.45, 7) is 3.10. The van der Waals surface area contributed by atoms with Crippen molar-refractivity contribution in [1.29, 1.82) is 0 Å². The Hall–Kier alpha value is -0.390. The summed E-state index contributed by atoms with van der Waals surface area (Å²) in [5.41, 5.74) is 0. The molecule has 17 heavy (non-hydrogen) atoms. The molecule has 0 N–H and O–H groups in total. The summed E-state index contributed by atoms with van der Waals surface area (Å²) < 4.78 is 0.905. The monoisotopic (exact) mass is 316 g/mol. The summed E-state index contributed by atoms with van der Waals surface area (Å²) in [4.78, 5) is 17.2. The standard InChI is InChI=1S/C12H17BrN2OS/c1-14-5-3-9(7-14)8-15(2)12(16)11-10(13)4-6-17-11/h4,6,9H,3,5,7-8H2,1-2H3. The van der Waals surface area contributed by atoms with Crippen molar-refractivity contribution >= 4 is 33.2 Å². The van der Waals surface area contributed by atoms with Crippen LogP contribution in [-0.2, 0) is 0 Å². The zero-order valence-corrected chi connectivity index (χ0v) is 12.6. The Labute approximate surface area is 115 Å². The van der Waals surface area contributed by atoms with Gasteiger partial charge in [0, 0.05) is 24.6 Å². The second-order valence-corrected chi connectivity index (χ2v) is 6.47. The van der Waals surface area contributed by atoms with Gasteiger partial charge in [0.2, 0.25) is 0 Å². The Morgan fingerprint density at radius 3 is 3.00 bits per heavy atom. The van der Waals surface area contributed by atoms with Gasteiger partial charge in [-0.3, -0.25) is 4.79 Å². The molecule has 1 atom stereocenters. The lowest BCUT2D eigenvalue weighted by Gasteiger charge is -2.20. The van der Waals surface area contributed by atoms with Crippen LogP contribution in [-0.4, -0.2) is 49.4 Å². The van der Waals surface area contributed by atoms with Gasteiger partial charge in [0.25, 0.3) is 5.91 Å². The van der Waals surface area contributed by atoms with Crippen LogP contribution in [0.3, 0.4) is 0 Å².